The first-order valence-electron chi connectivity index (χ1n) is 7.89. The summed E-state index contributed by atoms with van der Waals surface area (Å²) in [6.07, 6.45) is 1.58. The minimum absolute atomic E-state index is 0.283. The summed E-state index contributed by atoms with van der Waals surface area (Å²) in [6, 6.07) is 5.02. The zero-order valence-corrected chi connectivity index (χ0v) is 14.8. The van der Waals surface area contributed by atoms with Crippen LogP contribution in [0.2, 0.25) is 5.02 Å². The summed E-state index contributed by atoms with van der Waals surface area (Å²) in [6.45, 7) is 4.52. The molecule has 132 valence electrons. The summed E-state index contributed by atoms with van der Waals surface area (Å²) in [4.78, 5) is 23.2. The number of hydrogen-bond acceptors (Lipinski definition) is 6. The van der Waals surface area contributed by atoms with Gasteiger partial charge in [0, 0.05) is 30.4 Å². The molecular weight excluding hydrogens is 344 g/mol. The number of amides is 1. The molecule has 1 amide bonds. The zero-order valence-electron chi connectivity index (χ0n) is 14.1. The van der Waals surface area contributed by atoms with Crippen molar-refractivity contribution in [3.05, 3.63) is 40.7 Å². The molecule has 1 aromatic heterocycles. The molecule has 7 nitrogen and oxygen atoms in total. The van der Waals surface area contributed by atoms with Crippen molar-refractivity contribution in [1.82, 2.24) is 9.97 Å². The third-order valence-electron chi connectivity index (χ3n) is 3.90. The summed E-state index contributed by atoms with van der Waals surface area (Å²) in [7, 11) is 1.53. The first-order chi connectivity index (χ1) is 12.1. The molecule has 8 heteroatoms. The predicted molar refractivity (Wildman–Crippen MR) is 95.8 cm³/mol. The van der Waals surface area contributed by atoms with Gasteiger partial charge in [0.05, 0.1) is 26.0 Å². The summed E-state index contributed by atoms with van der Waals surface area (Å²) >= 11 is 6.10. The Morgan fingerprint density at radius 2 is 2.12 bits per heavy atom. The number of rotatable bonds is 4. The number of anilines is 2. The van der Waals surface area contributed by atoms with E-state index in [0.717, 1.165) is 5.56 Å². The SMILES string of the molecule is COc1cc(Cl)c(C)cc1NC(=O)c1ccnc(N2CCOCC2)n1. The van der Waals surface area contributed by atoms with Crippen molar-refractivity contribution in [3.8, 4) is 5.75 Å². The van der Waals surface area contributed by atoms with Crippen LogP contribution in [0.15, 0.2) is 24.4 Å². The number of aryl methyl sites for hydroxylation is 1. The predicted octanol–water partition coefficient (Wildman–Crippen LogP) is 2.54. The lowest BCUT2D eigenvalue weighted by atomic mass is 10.2. The first kappa shape index (κ1) is 17.4. The van der Waals surface area contributed by atoms with E-state index in [-0.39, 0.29) is 11.6 Å². The van der Waals surface area contributed by atoms with Crippen LogP contribution in [0.1, 0.15) is 16.1 Å². The van der Waals surface area contributed by atoms with Gasteiger partial charge in [0.2, 0.25) is 5.95 Å². The Labute approximate surface area is 150 Å². The van der Waals surface area contributed by atoms with Gasteiger partial charge in [0.25, 0.3) is 5.91 Å². The number of halogens is 1. The summed E-state index contributed by atoms with van der Waals surface area (Å²) in [5, 5.41) is 3.40. The van der Waals surface area contributed by atoms with Crippen molar-refractivity contribution >= 4 is 29.1 Å². The van der Waals surface area contributed by atoms with E-state index in [1.165, 1.54) is 7.11 Å². The lowest BCUT2D eigenvalue weighted by molar-refractivity contribution is 0.102. The maximum atomic E-state index is 12.6. The molecule has 1 N–H and O–H groups in total. The van der Waals surface area contributed by atoms with Crippen LogP contribution in [0.4, 0.5) is 11.6 Å². The van der Waals surface area contributed by atoms with E-state index in [0.29, 0.717) is 48.7 Å². The second-order valence-electron chi connectivity index (χ2n) is 5.60. The maximum absolute atomic E-state index is 12.6. The van der Waals surface area contributed by atoms with Crippen LogP contribution in [-0.2, 0) is 4.74 Å². The second kappa shape index (κ2) is 7.67. The molecule has 0 unspecified atom stereocenters. The fourth-order valence-corrected chi connectivity index (χ4v) is 2.66. The highest BCUT2D eigenvalue weighted by atomic mass is 35.5. The summed E-state index contributed by atoms with van der Waals surface area (Å²) in [5.41, 5.74) is 1.67. The van der Waals surface area contributed by atoms with E-state index in [1.54, 1.807) is 24.4 Å². The van der Waals surface area contributed by atoms with Crippen molar-refractivity contribution in [1.29, 1.82) is 0 Å². The van der Waals surface area contributed by atoms with Crippen LogP contribution in [0.5, 0.6) is 5.75 Å². The van der Waals surface area contributed by atoms with Gasteiger partial charge in [-0.1, -0.05) is 11.6 Å². The van der Waals surface area contributed by atoms with E-state index in [9.17, 15) is 4.79 Å². The van der Waals surface area contributed by atoms with Gasteiger partial charge in [0.15, 0.2) is 0 Å². The van der Waals surface area contributed by atoms with Crippen LogP contribution >= 0.6 is 11.6 Å². The highest BCUT2D eigenvalue weighted by molar-refractivity contribution is 6.31. The van der Waals surface area contributed by atoms with Crippen LogP contribution in [0.25, 0.3) is 0 Å². The molecule has 1 aromatic carbocycles. The third kappa shape index (κ3) is 4.00. The van der Waals surface area contributed by atoms with Crippen LogP contribution in [0.3, 0.4) is 0 Å². The molecule has 1 saturated heterocycles. The molecule has 2 heterocycles. The number of nitrogens with one attached hydrogen (secondary N) is 1. The molecule has 0 saturated carbocycles. The lowest BCUT2D eigenvalue weighted by Crippen LogP contribution is -2.37. The van der Waals surface area contributed by atoms with Crippen LogP contribution < -0.4 is 15.0 Å². The van der Waals surface area contributed by atoms with Gasteiger partial charge < -0.3 is 19.7 Å². The highest BCUT2D eigenvalue weighted by Gasteiger charge is 2.17. The fraction of sp³-hybridized carbons (Fsp3) is 0.353. The number of hydrogen-bond donors (Lipinski definition) is 1. The minimum atomic E-state index is -0.336. The molecule has 0 spiro atoms. The minimum Gasteiger partial charge on any atom is -0.495 e. The smallest absolute Gasteiger partial charge is 0.274 e. The molecule has 0 aliphatic carbocycles. The van der Waals surface area contributed by atoms with Crippen molar-refractivity contribution < 1.29 is 14.3 Å². The molecule has 3 rings (SSSR count). The van der Waals surface area contributed by atoms with Crippen molar-refractivity contribution in [2.45, 2.75) is 6.92 Å². The second-order valence-corrected chi connectivity index (χ2v) is 6.00. The standard InChI is InChI=1S/C17H19ClN4O3/c1-11-9-14(15(24-2)10-12(11)18)20-16(23)13-3-4-19-17(21-13)22-5-7-25-8-6-22/h3-4,9-10H,5-8H2,1-2H3,(H,20,23). The quantitative estimate of drug-likeness (QED) is 0.900. The Hall–Kier alpha value is -2.38. The van der Waals surface area contributed by atoms with Crippen LogP contribution in [0, 0.1) is 6.92 Å². The molecule has 1 fully saturated rings. The van der Waals surface area contributed by atoms with E-state index in [2.05, 4.69) is 15.3 Å². The number of nitrogens with zero attached hydrogens (tertiary/aromatic N) is 3. The summed E-state index contributed by atoms with van der Waals surface area (Å²) in [5.74, 6) is 0.679. The number of carbonyl (C=O) groups excluding carboxylic acids is 1. The average Bonchev–Trinajstić information content (AvgIpc) is 2.65. The lowest BCUT2D eigenvalue weighted by Gasteiger charge is -2.26. The van der Waals surface area contributed by atoms with Gasteiger partial charge in [-0.3, -0.25) is 4.79 Å². The Bertz CT molecular complexity index is 778. The Kier molecular flexibility index (Phi) is 5.35. The van der Waals surface area contributed by atoms with Crippen molar-refractivity contribution in [3.63, 3.8) is 0 Å². The van der Waals surface area contributed by atoms with E-state index >= 15 is 0 Å². The van der Waals surface area contributed by atoms with Gasteiger partial charge in [-0.25, -0.2) is 9.97 Å². The van der Waals surface area contributed by atoms with Crippen LogP contribution in [-0.4, -0.2) is 49.3 Å². The van der Waals surface area contributed by atoms with Crippen molar-refractivity contribution in [2.75, 3.05) is 43.6 Å². The Morgan fingerprint density at radius 3 is 2.84 bits per heavy atom. The summed E-state index contributed by atoms with van der Waals surface area (Å²) < 4.78 is 10.6. The van der Waals surface area contributed by atoms with E-state index in [1.807, 2.05) is 11.8 Å². The first-order valence-corrected chi connectivity index (χ1v) is 8.27. The molecule has 0 atom stereocenters. The molecule has 1 aliphatic rings. The molecule has 1 aliphatic heterocycles. The largest absolute Gasteiger partial charge is 0.495 e. The Morgan fingerprint density at radius 1 is 1.36 bits per heavy atom. The van der Waals surface area contributed by atoms with Gasteiger partial charge >= 0.3 is 0 Å². The van der Waals surface area contributed by atoms with Gasteiger partial charge in [-0.05, 0) is 24.6 Å². The number of methoxy groups -OCH3 is 1. The van der Waals surface area contributed by atoms with E-state index in [4.69, 9.17) is 21.1 Å². The van der Waals surface area contributed by atoms with E-state index < -0.39 is 0 Å². The highest BCUT2D eigenvalue weighted by Crippen LogP contribution is 2.31. The molecule has 2 aromatic rings. The Balaban J connectivity index is 1.81. The number of morpholine rings is 1. The number of aromatic nitrogens is 2. The average molecular weight is 363 g/mol. The van der Waals surface area contributed by atoms with Gasteiger partial charge in [-0.15, -0.1) is 0 Å². The number of carbonyl (C=O) groups is 1. The van der Waals surface area contributed by atoms with Crippen molar-refractivity contribution in [2.24, 2.45) is 0 Å². The molecule has 25 heavy (non-hydrogen) atoms. The zero-order chi connectivity index (χ0) is 17.8. The fourth-order valence-electron chi connectivity index (χ4n) is 2.51. The monoisotopic (exact) mass is 362 g/mol. The normalized spacial score (nSPS) is 14.3. The maximum Gasteiger partial charge on any atom is 0.274 e. The van der Waals surface area contributed by atoms with Gasteiger partial charge in [-0.2, -0.15) is 0 Å². The molecule has 0 bridgehead atoms. The van der Waals surface area contributed by atoms with Gasteiger partial charge in [0.1, 0.15) is 11.4 Å². The molecular formula is C17H19ClN4O3. The number of benzene rings is 1. The topological polar surface area (TPSA) is 76.6 Å². The number of ether oxygens (including phenoxy) is 2. The molecule has 0 radical (unpaired) electrons. The third-order valence-corrected chi connectivity index (χ3v) is 4.31.